The summed E-state index contributed by atoms with van der Waals surface area (Å²) in [7, 11) is 1.62. The average Bonchev–Trinajstić information content (AvgIpc) is 3.24. The lowest BCUT2D eigenvalue weighted by Gasteiger charge is -2.20. The van der Waals surface area contributed by atoms with E-state index in [1.807, 2.05) is 37.3 Å². The van der Waals surface area contributed by atoms with Gasteiger partial charge in [0, 0.05) is 18.2 Å². The maximum absolute atomic E-state index is 12.5. The third kappa shape index (κ3) is 5.20. The van der Waals surface area contributed by atoms with Gasteiger partial charge in [-0.15, -0.1) is 0 Å². The number of ether oxygens (including phenoxy) is 2. The van der Waals surface area contributed by atoms with Crippen LogP contribution in [0.3, 0.4) is 0 Å². The van der Waals surface area contributed by atoms with Gasteiger partial charge in [-0.25, -0.2) is 4.98 Å². The molecule has 6 heteroatoms. The Kier molecular flexibility index (Phi) is 6.46. The van der Waals surface area contributed by atoms with Crippen LogP contribution in [0.5, 0.6) is 11.5 Å². The minimum absolute atomic E-state index is 0.0331. The van der Waals surface area contributed by atoms with Gasteiger partial charge in [-0.05, 0) is 62.1 Å². The monoisotopic (exact) mass is 418 g/mol. The fraction of sp³-hybridized carbons (Fsp3) is 0.320. The van der Waals surface area contributed by atoms with Crippen LogP contribution in [0.2, 0.25) is 0 Å². The van der Waals surface area contributed by atoms with Crippen LogP contribution in [0.4, 0.5) is 0 Å². The number of carbonyl (C=O) groups is 1. The molecule has 3 aromatic rings. The molecule has 0 spiro atoms. The van der Waals surface area contributed by atoms with Crippen molar-refractivity contribution in [3.63, 3.8) is 0 Å². The van der Waals surface area contributed by atoms with Gasteiger partial charge in [0.15, 0.2) is 11.5 Å². The summed E-state index contributed by atoms with van der Waals surface area (Å²) >= 11 is 0. The highest BCUT2D eigenvalue weighted by Gasteiger charge is 2.17. The molecule has 6 nitrogen and oxygen atoms in total. The molecule has 0 N–H and O–H groups in total. The number of pyridine rings is 1. The lowest BCUT2D eigenvalue weighted by atomic mass is 10.1. The van der Waals surface area contributed by atoms with E-state index < -0.39 is 0 Å². The van der Waals surface area contributed by atoms with Crippen molar-refractivity contribution < 1.29 is 18.7 Å². The highest BCUT2D eigenvalue weighted by Crippen LogP contribution is 2.34. The Hall–Kier alpha value is -3.41. The van der Waals surface area contributed by atoms with Crippen molar-refractivity contribution in [3.05, 3.63) is 71.9 Å². The Labute approximate surface area is 181 Å². The Morgan fingerprint density at radius 3 is 2.90 bits per heavy atom. The Balaban J connectivity index is 1.47. The number of aromatic nitrogens is 2. The number of ketones is 1. The van der Waals surface area contributed by atoms with Gasteiger partial charge in [0.25, 0.3) is 0 Å². The zero-order chi connectivity index (χ0) is 21.6. The van der Waals surface area contributed by atoms with E-state index in [0.29, 0.717) is 23.1 Å². The van der Waals surface area contributed by atoms with Gasteiger partial charge in [-0.1, -0.05) is 12.1 Å². The first kappa shape index (κ1) is 20.8. The predicted molar refractivity (Wildman–Crippen MR) is 117 cm³/mol. The second-order valence-corrected chi connectivity index (χ2v) is 7.68. The van der Waals surface area contributed by atoms with Crippen molar-refractivity contribution in [1.82, 2.24) is 9.97 Å². The van der Waals surface area contributed by atoms with E-state index in [9.17, 15) is 4.79 Å². The smallest absolute Gasteiger partial charge is 0.226 e. The molecule has 31 heavy (non-hydrogen) atoms. The number of allylic oxidation sites excluding steroid dienone is 1. The van der Waals surface area contributed by atoms with Crippen LogP contribution in [0.1, 0.15) is 36.2 Å². The third-order valence-electron chi connectivity index (χ3n) is 5.31. The number of methoxy groups -OCH3 is 1. The fourth-order valence-corrected chi connectivity index (χ4v) is 3.62. The zero-order valence-corrected chi connectivity index (χ0v) is 17.8. The molecule has 2 aromatic heterocycles. The number of hydrogen-bond acceptors (Lipinski definition) is 6. The number of nitrogens with zero attached hydrogens (tertiary/aromatic N) is 2. The molecule has 0 saturated carbocycles. The van der Waals surface area contributed by atoms with Crippen LogP contribution in [0, 0.1) is 6.92 Å². The van der Waals surface area contributed by atoms with E-state index in [2.05, 4.69) is 22.1 Å². The van der Waals surface area contributed by atoms with E-state index in [0.717, 1.165) is 36.1 Å². The third-order valence-corrected chi connectivity index (χ3v) is 5.31. The first-order chi connectivity index (χ1) is 15.1. The van der Waals surface area contributed by atoms with E-state index in [4.69, 9.17) is 13.9 Å². The summed E-state index contributed by atoms with van der Waals surface area (Å²) < 4.78 is 17.3. The predicted octanol–water partition coefficient (Wildman–Crippen LogP) is 4.90. The number of aryl methyl sites for hydroxylation is 1. The number of Topliss-reactive ketones (excluding diaryl/α,β-unsaturated/α-hetero) is 1. The van der Waals surface area contributed by atoms with Crippen molar-refractivity contribution in [1.29, 1.82) is 0 Å². The molecule has 0 fully saturated rings. The summed E-state index contributed by atoms with van der Waals surface area (Å²) in [5.41, 5.74) is 3.18. The van der Waals surface area contributed by atoms with Gasteiger partial charge in [-0.2, -0.15) is 0 Å². The minimum Gasteiger partial charge on any atom is -0.493 e. The van der Waals surface area contributed by atoms with Crippen LogP contribution < -0.4 is 9.47 Å². The van der Waals surface area contributed by atoms with Gasteiger partial charge < -0.3 is 13.9 Å². The number of hydrogen-bond donors (Lipinski definition) is 0. The molecule has 0 amide bonds. The zero-order valence-electron chi connectivity index (χ0n) is 17.8. The normalized spacial score (nSPS) is 15.6. The number of rotatable bonds is 8. The van der Waals surface area contributed by atoms with Crippen LogP contribution in [0.25, 0.3) is 11.5 Å². The van der Waals surface area contributed by atoms with E-state index >= 15 is 0 Å². The molecule has 160 valence electrons. The van der Waals surface area contributed by atoms with Gasteiger partial charge in [0.2, 0.25) is 5.89 Å². The largest absolute Gasteiger partial charge is 0.493 e. The molecular weight excluding hydrogens is 392 g/mol. The Morgan fingerprint density at radius 2 is 2.13 bits per heavy atom. The molecule has 2 heterocycles. The van der Waals surface area contributed by atoms with E-state index in [1.165, 1.54) is 6.26 Å². The maximum Gasteiger partial charge on any atom is 0.226 e. The molecule has 1 atom stereocenters. The number of benzene rings is 1. The van der Waals surface area contributed by atoms with Crippen LogP contribution in [-0.4, -0.2) is 29.0 Å². The topological polar surface area (TPSA) is 74.5 Å². The molecule has 0 saturated heterocycles. The van der Waals surface area contributed by atoms with Crippen LogP contribution >= 0.6 is 0 Å². The SMILES string of the molecule is COc1ccc(-c2nc(CC(=O)Cc3ncccc3C)co2)cc1OC1C=CCCC1. The maximum atomic E-state index is 12.5. The first-order valence-electron chi connectivity index (χ1n) is 10.5. The summed E-state index contributed by atoms with van der Waals surface area (Å²) in [4.78, 5) is 21.3. The molecule has 0 bridgehead atoms. The van der Waals surface area contributed by atoms with Gasteiger partial charge in [0.05, 0.1) is 24.9 Å². The second kappa shape index (κ2) is 9.60. The highest BCUT2D eigenvalue weighted by molar-refractivity contribution is 5.82. The molecule has 4 rings (SSSR count). The van der Waals surface area contributed by atoms with Crippen molar-refractivity contribution in [2.75, 3.05) is 7.11 Å². The summed E-state index contributed by atoms with van der Waals surface area (Å²) in [5.74, 6) is 1.81. The van der Waals surface area contributed by atoms with Crippen LogP contribution in [-0.2, 0) is 17.6 Å². The second-order valence-electron chi connectivity index (χ2n) is 7.68. The first-order valence-corrected chi connectivity index (χ1v) is 10.5. The lowest BCUT2D eigenvalue weighted by Crippen LogP contribution is -2.16. The van der Waals surface area contributed by atoms with Crippen LogP contribution in [0.15, 0.2) is 59.4 Å². The molecular formula is C25H26N2O4. The lowest BCUT2D eigenvalue weighted by molar-refractivity contribution is -0.117. The number of oxazole rings is 1. The van der Waals surface area contributed by atoms with Crippen molar-refractivity contribution in [2.24, 2.45) is 0 Å². The average molecular weight is 418 g/mol. The summed E-state index contributed by atoms with van der Waals surface area (Å²) in [6.07, 6.45) is 11.2. The molecule has 0 aliphatic heterocycles. The minimum atomic E-state index is 0.0331. The molecule has 1 aliphatic carbocycles. The summed E-state index contributed by atoms with van der Waals surface area (Å²) in [6.45, 7) is 1.95. The molecule has 1 unspecified atom stereocenters. The van der Waals surface area contributed by atoms with Crippen molar-refractivity contribution in [3.8, 4) is 23.0 Å². The quantitative estimate of drug-likeness (QED) is 0.485. The van der Waals surface area contributed by atoms with Gasteiger partial charge in [-0.3, -0.25) is 9.78 Å². The Bertz CT molecular complexity index is 1090. The molecule has 1 aliphatic rings. The van der Waals surface area contributed by atoms with E-state index in [1.54, 1.807) is 13.3 Å². The summed E-state index contributed by atoms with van der Waals surface area (Å²) in [6, 6.07) is 9.41. The molecule has 0 radical (unpaired) electrons. The standard InChI is InChI=1S/C25H26N2O4/c1-17-7-6-12-26-22(17)15-20(28)14-19-16-30-25(27-19)18-10-11-23(29-2)24(13-18)31-21-8-4-3-5-9-21/h4,6-8,10-13,16,21H,3,5,9,14-15H2,1-2H3. The van der Waals surface area contributed by atoms with Crippen molar-refractivity contribution in [2.45, 2.75) is 45.1 Å². The Morgan fingerprint density at radius 1 is 1.23 bits per heavy atom. The van der Waals surface area contributed by atoms with Crippen molar-refractivity contribution >= 4 is 5.78 Å². The highest BCUT2D eigenvalue weighted by atomic mass is 16.5. The molecule has 1 aromatic carbocycles. The van der Waals surface area contributed by atoms with Gasteiger partial charge >= 0.3 is 0 Å². The fourth-order valence-electron chi connectivity index (χ4n) is 3.62. The summed E-state index contributed by atoms with van der Waals surface area (Å²) in [5, 5.41) is 0. The number of carbonyl (C=O) groups excluding carboxylic acids is 1. The van der Waals surface area contributed by atoms with Gasteiger partial charge in [0.1, 0.15) is 18.2 Å². The van der Waals surface area contributed by atoms with E-state index in [-0.39, 0.29) is 24.7 Å².